The fraction of sp³-hybridized carbons (Fsp3) is 0.111. The van der Waals surface area contributed by atoms with E-state index in [0.29, 0.717) is 28.1 Å². The van der Waals surface area contributed by atoms with Crippen LogP contribution in [0.2, 0.25) is 5.02 Å². The van der Waals surface area contributed by atoms with Crippen LogP contribution in [0.15, 0.2) is 59.0 Å². The Hall–Kier alpha value is -2.59. The van der Waals surface area contributed by atoms with Gasteiger partial charge >= 0.3 is 0 Å². The summed E-state index contributed by atoms with van der Waals surface area (Å²) in [6, 6.07) is 16.6. The second-order valence-corrected chi connectivity index (χ2v) is 5.57. The molecule has 1 amide bonds. The maximum Gasteiger partial charge on any atom is 0.232 e. The van der Waals surface area contributed by atoms with E-state index in [0.717, 1.165) is 5.56 Å². The first-order valence-electron chi connectivity index (χ1n) is 7.19. The van der Waals surface area contributed by atoms with Crippen LogP contribution in [0.3, 0.4) is 0 Å². The molecule has 0 unspecified atom stereocenters. The quantitative estimate of drug-likeness (QED) is 0.768. The van der Waals surface area contributed by atoms with E-state index in [2.05, 4.69) is 10.3 Å². The lowest BCUT2D eigenvalue weighted by atomic mass is 10.2. The summed E-state index contributed by atoms with van der Waals surface area (Å²) in [6.45, 7) is 1.83. The van der Waals surface area contributed by atoms with Crippen molar-refractivity contribution >= 4 is 23.2 Å². The van der Waals surface area contributed by atoms with Crippen molar-refractivity contribution in [2.75, 3.05) is 5.32 Å². The van der Waals surface area contributed by atoms with Crippen LogP contribution < -0.4 is 5.32 Å². The topological polar surface area (TPSA) is 55.1 Å². The molecule has 3 aromatic rings. The van der Waals surface area contributed by atoms with Crippen molar-refractivity contribution in [1.82, 2.24) is 4.98 Å². The molecule has 0 spiro atoms. The lowest BCUT2D eigenvalue weighted by Gasteiger charge is -2.04. The van der Waals surface area contributed by atoms with Crippen LogP contribution in [-0.4, -0.2) is 10.9 Å². The van der Waals surface area contributed by atoms with Crippen molar-refractivity contribution in [1.29, 1.82) is 0 Å². The van der Waals surface area contributed by atoms with Crippen molar-refractivity contribution in [3.05, 3.63) is 71.1 Å². The molecule has 0 saturated carbocycles. The third-order valence-corrected chi connectivity index (χ3v) is 3.58. The summed E-state index contributed by atoms with van der Waals surface area (Å²) >= 11 is 5.91. The number of nitrogens with zero attached hydrogens (tertiary/aromatic N) is 1. The maximum atomic E-state index is 12.1. The van der Waals surface area contributed by atoms with Gasteiger partial charge in [-0.3, -0.25) is 4.79 Å². The largest absolute Gasteiger partial charge is 0.440 e. The van der Waals surface area contributed by atoms with Crippen molar-refractivity contribution in [3.63, 3.8) is 0 Å². The zero-order valence-corrected chi connectivity index (χ0v) is 13.3. The van der Waals surface area contributed by atoms with E-state index in [1.165, 1.54) is 0 Å². The minimum atomic E-state index is -0.175. The summed E-state index contributed by atoms with van der Waals surface area (Å²) in [7, 11) is 0. The first-order valence-corrected chi connectivity index (χ1v) is 7.57. The smallest absolute Gasteiger partial charge is 0.232 e. The van der Waals surface area contributed by atoms with E-state index in [1.807, 2.05) is 37.3 Å². The molecule has 0 aliphatic carbocycles. The van der Waals surface area contributed by atoms with Crippen LogP contribution in [0, 0.1) is 6.92 Å². The standard InChI is InChI=1S/C18H15ClN2O2/c1-12-16(23-18(20-12)13-6-3-2-4-7-13)11-17(22)21-15-9-5-8-14(19)10-15/h2-10H,11H2,1H3,(H,21,22). The van der Waals surface area contributed by atoms with Gasteiger partial charge in [0.25, 0.3) is 0 Å². The van der Waals surface area contributed by atoms with Crippen molar-refractivity contribution in [3.8, 4) is 11.5 Å². The maximum absolute atomic E-state index is 12.1. The number of rotatable bonds is 4. The van der Waals surface area contributed by atoms with Crippen LogP contribution >= 0.6 is 11.6 Å². The number of carbonyl (C=O) groups excluding carboxylic acids is 1. The first-order chi connectivity index (χ1) is 11.1. The number of oxazole rings is 1. The van der Waals surface area contributed by atoms with E-state index >= 15 is 0 Å². The molecule has 0 fully saturated rings. The van der Waals surface area contributed by atoms with Crippen molar-refractivity contribution in [2.45, 2.75) is 13.3 Å². The van der Waals surface area contributed by atoms with Gasteiger partial charge in [0.15, 0.2) is 0 Å². The summed E-state index contributed by atoms with van der Waals surface area (Å²) in [4.78, 5) is 16.5. The number of carbonyl (C=O) groups is 1. The van der Waals surface area contributed by atoms with Gasteiger partial charge in [0.2, 0.25) is 11.8 Å². The van der Waals surface area contributed by atoms with Crippen LogP contribution in [0.25, 0.3) is 11.5 Å². The number of benzene rings is 2. The Bertz CT molecular complexity index is 828. The normalized spacial score (nSPS) is 10.5. The number of aromatic nitrogens is 1. The van der Waals surface area contributed by atoms with Gasteiger partial charge in [-0.05, 0) is 37.3 Å². The zero-order valence-electron chi connectivity index (χ0n) is 12.5. The van der Waals surface area contributed by atoms with Crippen molar-refractivity contribution in [2.24, 2.45) is 0 Å². The van der Waals surface area contributed by atoms with E-state index in [-0.39, 0.29) is 12.3 Å². The molecule has 116 valence electrons. The van der Waals surface area contributed by atoms with Crippen molar-refractivity contribution < 1.29 is 9.21 Å². The summed E-state index contributed by atoms with van der Waals surface area (Å²) in [5, 5.41) is 3.37. The monoisotopic (exact) mass is 326 g/mol. The Balaban J connectivity index is 1.73. The average molecular weight is 327 g/mol. The van der Waals surface area contributed by atoms with Gasteiger partial charge in [-0.25, -0.2) is 4.98 Å². The molecule has 0 saturated heterocycles. The molecule has 1 heterocycles. The van der Waals surface area contributed by atoms with Gasteiger partial charge in [0.05, 0.1) is 12.1 Å². The third kappa shape index (κ3) is 3.79. The second kappa shape index (κ2) is 6.67. The molecule has 1 aromatic heterocycles. The van der Waals surface area contributed by atoms with E-state index in [1.54, 1.807) is 24.3 Å². The highest BCUT2D eigenvalue weighted by atomic mass is 35.5. The zero-order chi connectivity index (χ0) is 16.2. The number of hydrogen-bond donors (Lipinski definition) is 1. The van der Waals surface area contributed by atoms with E-state index < -0.39 is 0 Å². The highest BCUT2D eigenvalue weighted by Crippen LogP contribution is 2.22. The van der Waals surface area contributed by atoms with Crippen LogP contribution in [0.1, 0.15) is 11.5 Å². The number of nitrogens with one attached hydrogen (secondary N) is 1. The molecule has 5 heteroatoms. The molecule has 3 rings (SSSR count). The Kier molecular flexibility index (Phi) is 4.44. The Morgan fingerprint density at radius 3 is 2.70 bits per heavy atom. The van der Waals surface area contributed by atoms with Gasteiger partial charge in [0.1, 0.15) is 5.76 Å². The summed E-state index contributed by atoms with van der Waals surface area (Å²) < 4.78 is 5.73. The van der Waals surface area contributed by atoms with Crippen LogP contribution in [0.4, 0.5) is 5.69 Å². The molecule has 4 nitrogen and oxygen atoms in total. The molecule has 2 aromatic carbocycles. The van der Waals surface area contributed by atoms with E-state index in [4.69, 9.17) is 16.0 Å². The molecule has 0 bridgehead atoms. The molecule has 1 N–H and O–H groups in total. The third-order valence-electron chi connectivity index (χ3n) is 3.34. The fourth-order valence-corrected chi connectivity index (χ4v) is 2.40. The summed E-state index contributed by atoms with van der Waals surface area (Å²) in [5.41, 5.74) is 2.25. The molecule has 0 atom stereocenters. The first kappa shape index (κ1) is 15.3. The van der Waals surface area contributed by atoms with Crippen LogP contribution in [0.5, 0.6) is 0 Å². The van der Waals surface area contributed by atoms with Gasteiger partial charge < -0.3 is 9.73 Å². The summed E-state index contributed by atoms with van der Waals surface area (Å²) in [5.74, 6) is 0.906. The van der Waals surface area contributed by atoms with Gasteiger partial charge in [0, 0.05) is 16.3 Å². The minimum Gasteiger partial charge on any atom is -0.440 e. The van der Waals surface area contributed by atoms with Gasteiger partial charge in [-0.2, -0.15) is 0 Å². The van der Waals surface area contributed by atoms with Gasteiger partial charge in [-0.15, -0.1) is 0 Å². The average Bonchev–Trinajstić information content (AvgIpc) is 2.89. The number of amides is 1. The Morgan fingerprint density at radius 1 is 1.17 bits per heavy atom. The lowest BCUT2D eigenvalue weighted by Crippen LogP contribution is -2.14. The SMILES string of the molecule is Cc1nc(-c2ccccc2)oc1CC(=O)Nc1cccc(Cl)c1. The highest BCUT2D eigenvalue weighted by molar-refractivity contribution is 6.30. The molecule has 0 aliphatic rings. The summed E-state index contributed by atoms with van der Waals surface area (Å²) in [6.07, 6.45) is 0.123. The minimum absolute atomic E-state index is 0.123. The van der Waals surface area contributed by atoms with Crippen LogP contribution in [-0.2, 0) is 11.2 Å². The number of hydrogen-bond acceptors (Lipinski definition) is 3. The van der Waals surface area contributed by atoms with E-state index in [9.17, 15) is 4.79 Å². The number of anilines is 1. The Morgan fingerprint density at radius 2 is 1.96 bits per heavy atom. The molecular formula is C18H15ClN2O2. The second-order valence-electron chi connectivity index (χ2n) is 5.13. The van der Waals surface area contributed by atoms with Gasteiger partial charge in [-0.1, -0.05) is 35.9 Å². The highest BCUT2D eigenvalue weighted by Gasteiger charge is 2.15. The molecular weight excluding hydrogens is 312 g/mol. The lowest BCUT2D eigenvalue weighted by molar-refractivity contribution is -0.115. The molecule has 0 aliphatic heterocycles. The molecule has 0 radical (unpaired) electrons. The molecule has 23 heavy (non-hydrogen) atoms. The number of halogens is 1. The fourth-order valence-electron chi connectivity index (χ4n) is 2.21. The Labute approximate surface area is 139 Å². The number of aryl methyl sites for hydroxylation is 1. The predicted molar refractivity (Wildman–Crippen MR) is 90.5 cm³/mol. The predicted octanol–water partition coefficient (Wildman–Crippen LogP) is 4.48.